The maximum Gasteiger partial charge on any atom is 0.136 e. The van der Waals surface area contributed by atoms with Gasteiger partial charge in [0.1, 0.15) is 11.5 Å². The molecule has 0 saturated carbocycles. The lowest BCUT2D eigenvalue weighted by Gasteiger charge is -2.48. The average molecular weight is 291 g/mol. The second kappa shape index (κ2) is 6.16. The number of piperidine rings is 1. The number of likely N-dealkylation sites (tertiary alicyclic amines) is 1. The Bertz CT molecular complexity index is 493. The van der Waals surface area contributed by atoms with Gasteiger partial charge in [-0.3, -0.25) is 9.69 Å². The maximum atomic E-state index is 11.9. The minimum atomic E-state index is -0.522. The largest absolute Gasteiger partial charge is 0.497 e. The van der Waals surface area contributed by atoms with Gasteiger partial charge in [-0.25, -0.2) is 0 Å². The Morgan fingerprint density at radius 1 is 1.38 bits per heavy atom. The lowest BCUT2D eigenvalue weighted by Crippen LogP contribution is -2.58. The standard InChI is InChI=1S/C17H25NO3/c1-12(19)16-9-14(20)10-17(2,3)18(16)11-13-5-7-15(21-4)8-6-13/h5-8,12,16,19H,9-11H2,1-4H3/t12-,16+/m0/s1. The number of rotatable bonds is 4. The molecule has 1 aliphatic heterocycles. The van der Waals surface area contributed by atoms with Crippen molar-refractivity contribution in [2.24, 2.45) is 0 Å². The first-order valence-corrected chi connectivity index (χ1v) is 7.43. The zero-order valence-corrected chi connectivity index (χ0v) is 13.3. The van der Waals surface area contributed by atoms with E-state index in [1.807, 2.05) is 24.3 Å². The fourth-order valence-corrected chi connectivity index (χ4v) is 3.14. The summed E-state index contributed by atoms with van der Waals surface area (Å²) >= 11 is 0. The summed E-state index contributed by atoms with van der Waals surface area (Å²) in [6, 6.07) is 7.82. The highest BCUT2D eigenvalue weighted by Crippen LogP contribution is 2.33. The topological polar surface area (TPSA) is 49.8 Å². The van der Waals surface area contributed by atoms with Crippen molar-refractivity contribution in [3.05, 3.63) is 29.8 Å². The minimum Gasteiger partial charge on any atom is -0.497 e. The first kappa shape index (κ1) is 16.0. The van der Waals surface area contributed by atoms with E-state index in [0.717, 1.165) is 17.9 Å². The quantitative estimate of drug-likeness (QED) is 0.925. The number of ether oxygens (including phenoxy) is 1. The third-order valence-electron chi connectivity index (χ3n) is 4.31. The molecule has 0 aromatic heterocycles. The van der Waals surface area contributed by atoms with Crippen molar-refractivity contribution in [3.8, 4) is 5.75 Å². The normalized spacial score (nSPS) is 23.9. The number of Topliss-reactive ketones (excluding diaryl/α,β-unsaturated/α-hetero) is 1. The van der Waals surface area contributed by atoms with Crippen molar-refractivity contribution < 1.29 is 14.6 Å². The molecule has 1 heterocycles. The number of hydrogen-bond acceptors (Lipinski definition) is 4. The van der Waals surface area contributed by atoms with Crippen LogP contribution in [0.2, 0.25) is 0 Å². The molecule has 21 heavy (non-hydrogen) atoms. The number of methoxy groups -OCH3 is 1. The SMILES string of the molecule is COc1ccc(CN2[C@@H]([C@H](C)O)CC(=O)CC2(C)C)cc1. The van der Waals surface area contributed by atoms with Gasteiger partial charge in [0.15, 0.2) is 0 Å². The first-order chi connectivity index (χ1) is 9.83. The summed E-state index contributed by atoms with van der Waals surface area (Å²) in [6.07, 6.45) is 0.440. The number of aliphatic hydroxyl groups excluding tert-OH is 1. The van der Waals surface area contributed by atoms with Gasteiger partial charge < -0.3 is 9.84 Å². The molecule has 1 aromatic carbocycles. The Balaban J connectivity index is 2.22. The number of nitrogens with zero attached hydrogens (tertiary/aromatic N) is 1. The molecule has 0 spiro atoms. The fraction of sp³-hybridized carbons (Fsp3) is 0.588. The molecule has 2 rings (SSSR count). The van der Waals surface area contributed by atoms with Gasteiger partial charge in [0, 0.05) is 31.0 Å². The predicted octanol–water partition coefficient (Wildman–Crippen LogP) is 2.39. The lowest BCUT2D eigenvalue weighted by molar-refractivity contribution is -0.133. The molecule has 0 aliphatic carbocycles. The fourth-order valence-electron chi connectivity index (χ4n) is 3.14. The molecule has 0 bridgehead atoms. The number of aliphatic hydroxyl groups is 1. The van der Waals surface area contributed by atoms with Crippen LogP contribution in [-0.2, 0) is 11.3 Å². The zero-order chi connectivity index (χ0) is 15.6. The van der Waals surface area contributed by atoms with E-state index in [1.54, 1.807) is 14.0 Å². The van der Waals surface area contributed by atoms with Gasteiger partial charge in [-0.1, -0.05) is 12.1 Å². The summed E-state index contributed by atoms with van der Waals surface area (Å²) in [5, 5.41) is 10.0. The Kier molecular flexibility index (Phi) is 4.69. The summed E-state index contributed by atoms with van der Waals surface area (Å²) in [7, 11) is 1.65. The van der Waals surface area contributed by atoms with Gasteiger partial charge in [-0.15, -0.1) is 0 Å². The highest BCUT2D eigenvalue weighted by molar-refractivity contribution is 5.81. The number of ketones is 1. The lowest BCUT2D eigenvalue weighted by atomic mass is 9.83. The van der Waals surface area contributed by atoms with Crippen LogP contribution in [0.5, 0.6) is 5.75 Å². The molecule has 1 aliphatic rings. The van der Waals surface area contributed by atoms with Gasteiger partial charge >= 0.3 is 0 Å². The summed E-state index contributed by atoms with van der Waals surface area (Å²) in [4.78, 5) is 14.2. The van der Waals surface area contributed by atoms with Crippen molar-refractivity contribution in [2.45, 2.75) is 57.8 Å². The molecular formula is C17H25NO3. The smallest absolute Gasteiger partial charge is 0.136 e. The molecule has 2 atom stereocenters. The summed E-state index contributed by atoms with van der Waals surface area (Å²) in [6.45, 7) is 6.63. The van der Waals surface area contributed by atoms with Crippen LogP contribution < -0.4 is 4.74 Å². The molecular weight excluding hydrogens is 266 g/mol. The summed E-state index contributed by atoms with van der Waals surface area (Å²) < 4.78 is 5.18. The molecule has 116 valence electrons. The molecule has 0 radical (unpaired) electrons. The second-order valence-electron chi connectivity index (χ2n) is 6.52. The van der Waals surface area contributed by atoms with Crippen LogP contribution in [0.1, 0.15) is 39.2 Å². The van der Waals surface area contributed by atoms with Gasteiger partial charge in [0.2, 0.25) is 0 Å². The highest BCUT2D eigenvalue weighted by atomic mass is 16.5. The van der Waals surface area contributed by atoms with Crippen molar-refractivity contribution in [1.82, 2.24) is 4.90 Å². The second-order valence-corrected chi connectivity index (χ2v) is 6.52. The molecule has 1 fully saturated rings. The molecule has 1 aromatic rings. The molecule has 1 saturated heterocycles. The Morgan fingerprint density at radius 3 is 2.52 bits per heavy atom. The van der Waals surface area contributed by atoms with E-state index in [9.17, 15) is 9.90 Å². The van der Waals surface area contributed by atoms with E-state index in [1.165, 1.54) is 0 Å². The Labute approximate surface area is 126 Å². The summed E-state index contributed by atoms with van der Waals surface area (Å²) in [5.74, 6) is 1.07. The summed E-state index contributed by atoms with van der Waals surface area (Å²) in [5.41, 5.74) is 0.917. The van der Waals surface area contributed by atoms with Crippen LogP contribution in [0.3, 0.4) is 0 Å². The minimum absolute atomic E-state index is 0.122. The van der Waals surface area contributed by atoms with Gasteiger partial charge in [0.25, 0.3) is 0 Å². The maximum absolute atomic E-state index is 11.9. The van der Waals surface area contributed by atoms with E-state index in [4.69, 9.17) is 4.74 Å². The van der Waals surface area contributed by atoms with Crippen LogP contribution in [0.25, 0.3) is 0 Å². The van der Waals surface area contributed by atoms with Crippen molar-refractivity contribution >= 4 is 5.78 Å². The molecule has 0 amide bonds. The third-order valence-corrected chi connectivity index (χ3v) is 4.31. The predicted molar refractivity (Wildman–Crippen MR) is 82.3 cm³/mol. The number of hydrogen-bond donors (Lipinski definition) is 1. The Hall–Kier alpha value is -1.39. The first-order valence-electron chi connectivity index (χ1n) is 7.43. The van der Waals surface area contributed by atoms with E-state index < -0.39 is 6.10 Å². The van der Waals surface area contributed by atoms with Crippen molar-refractivity contribution in [2.75, 3.05) is 7.11 Å². The van der Waals surface area contributed by atoms with Crippen molar-refractivity contribution in [1.29, 1.82) is 0 Å². The number of benzene rings is 1. The van der Waals surface area contributed by atoms with Crippen LogP contribution >= 0.6 is 0 Å². The van der Waals surface area contributed by atoms with Gasteiger partial charge in [0.05, 0.1) is 13.2 Å². The Morgan fingerprint density at radius 2 is 2.00 bits per heavy atom. The van der Waals surface area contributed by atoms with Crippen LogP contribution in [0, 0.1) is 0 Å². The average Bonchev–Trinajstić information content (AvgIpc) is 2.41. The van der Waals surface area contributed by atoms with Crippen LogP contribution in [0.15, 0.2) is 24.3 Å². The third kappa shape index (κ3) is 3.63. The van der Waals surface area contributed by atoms with Gasteiger partial charge in [-0.05, 0) is 38.5 Å². The monoisotopic (exact) mass is 291 g/mol. The molecule has 4 nitrogen and oxygen atoms in total. The number of carbonyl (C=O) groups is 1. The van der Waals surface area contributed by atoms with Crippen molar-refractivity contribution in [3.63, 3.8) is 0 Å². The van der Waals surface area contributed by atoms with Crippen LogP contribution in [-0.4, -0.2) is 40.6 Å². The van der Waals surface area contributed by atoms with E-state index in [-0.39, 0.29) is 17.4 Å². The number of carbonyl (C=O) groups excluding carboxylic acids is 1. The zero-order valence-electron chi connectivity index (χ0n) is 13.3. The van der Waals surface area contributed by atoms with Gasteiger partial charge in [-0.2, -0.15) is 0 Å². The van der Waals surface area contributed by atoms with E-state index in [2.05, 4.69) is 18.7 Å². The highest BCUT2D eigenvalue weighted by Gasteiger charge is 2.41. The molecule has 4 heteroatoms. The molecule has 1 N–H and O–H groups in total. The van der Waals surface area contributed by atoms with E-state index >= 15 is 0 Å². The van der Waals surface area contributed by atoms with E-state index in [0.29, 0.717) is 12.8 Å². The molecule has 0 unspecified atom stereocenters. The van der Waals surface area contributed by atoms with Crippen LogP contribution in [0.4, 0.5) is 0 Å².